The van der Waals surface area contributed by atoms with E-state index in [0.717, 1.165) is 0 Å². The fraction of sp³-hybridized carbons (Fsp3) is 0.143. The van der Waals surface area contributed by atoms with Gasteiger partial charge in [-0.1, -0.05) is 35.4 Å². The highest BCUT2D eigenvalue weighted by atomic mass is 31.1. The van der Waals surface area contributed by atoms with Gasteiger partial charge in [-0.2, -0.15) is 7.80 Å². The van der Waals surface area contributed by atoms with Gasteiger partial charge in [-0.15, -0.1) is 0 Å². The van der Waals surface area contributed by atoms with Crippen LogP contribution in [0.15, 0.2) is 48.5 Å². The minimum Gasteiger partial charge on any atom is -0.295 e. The van der Waals surface area contributed by atoms with Crippen molar-refractivity contribution in [3.8, 4) is 0 Å². The first-order valence-electron chi connectivity index (χ1n) is 5.43. The highest BCUT2D eigenvalue weighted by molar-refractivity contribution is 7.94. The molecule has 0 saturated carbocycles. The van der Waals surface area contributed by atoms with Gasteiger partial charge in [0.25, 0.3) is 0 Å². The first kappa shape index (κ1) is 11.4. The van der Waals surface area contributed by atoms with Gasteiger partial charge < -0.3 is 0 Å². The van der Waals surface area contributed by atoms with Gasteiger partial charge in [0.15, 0.2) is 0 Å². The molecule has 0 aliphatic rings. The Morgan fingerprint density at radius 3 is 1.31 bits per heavy atom. The van der Waals surface area contributed by atoms with Gasteiger partial charge in [0, 0.05) is 10.6 Å². The van der Waals surface area contributed by atoms with E-state index in [4.69, 9.17) is 7.57 Å². The van der Waals surface area contributed by atoms with Crippen molar-refractivity contribution in [3.05, 3.63) is 59.7 Å². The molecule has 0 fully saturated rings. The minimum absolute atomic E-state index is 1.08. The lowest BCUT2D eigenvalue weighted by Gasteiger charge is -2.16. The zero-order valence-corrected chi connectivity index (χ0v) is 10.7. The molecule has 0 nitrogen and oxygen atoms in total. The Hall–Kier alpha value is -1.07. The molecule has 0 spiro atoms. The molecule has 0 atom stereocenters. The maximum absolute atomic E-state index is 6.32. The van der Waals surface area contributed by atoms with Gasteiger partial charge in [-0.3, -0.25) is 7.57 Å². The summed E-state index contributed by atoms with van der Waals surface area (Å²) in [7, 11) is 5.24. The second-order valence-electron chi connectivity index (χ2n) is 4.15. The van der Waals surface area contributed by atoms with E-state index in [1.807, 2.05) is 0 Å². The maximum atomic E-state index is 6.32. The van der Waals surface area contributed by atoms with E-state index in [1.54, 1.807) is 0 Å². The second-order valence-corrected chi connectivity index (χ2v) is 6.13. The molecule has 0 aliphatic carbocycles. The molecule has 2 heteroatoms. The van der Waals surface area contributed by atoms with Crippen molar-refractivity contribution in [1.29, 1.82) is 0 Å². The molecule has 3 radical (unpaired) electrons. The summed E-state index contributed by atoms with van der Waals surface area (Å²) in [6.07, 6.45) is 0. The highest BCUT2D eigenvalue weighted by Crippen LogP contribution is 2.27. The Morgan fingerprint density at radius 1 is 0.688 bits per heavy atom. The standard InChI is InChI=1S/C14H15BP/c1-11-3-7-13(8-4-11)16(15)14-9-5-12(2)6-10-14/h3-10,16H,1-2H3. The van der Waals surface area contributed by atoms with Crippen LogP contribution in [-0.2, 0) is 0 Å². The van der Waals surface area contributed by atoms with E-state index in [9.17, 15) is 0 Å². The summed E-state index contributed by atoms with van der Waals surface area (Å²) >= 11 is 0. The Morgan fingerprint density at radius 2 is 1.00 bits per heavy atom. The Labute approximate surface area is 99.8 Å². The Bertz CT molecular complexity index is 414. The van der Waals surface area contributed by atoms with Crippen LogP contribution in [0.25, 0.3) is 0 Å². The van der Waals surface area contributed by atoms with Crippen LogP contribution in [0.2, 0.25) is 0 Å². The van der Waals surface area contributed by atoms with E-state index in [2.05, 4.69) is 62.4 Å². The third-order valence-electron chi connectivity index (χ3n) is 2.73. The average molecular weight is 225 g/mol. The van der Waals surface area contributed by atoms with Crippen molar-refractivity contribution in [1.82, 2.24) is 0 Å². The molecular formula is C14H15BP. The second kappa shape index (κ2) is 4.85. The van der Waals surface area contributed by atoms with Crippen molar-refractivity contribution < 1.29 is 0 Å². The lowest BCUT2D eigenvalue weighted by atomic mass is 10.2. The topological polar surface area (TPSA) is 0 Å². The highest BCUT2D eigenvalue weighted by Gasteiger charge is 2.04. The summed E-state index contributed by atoms with van der Waals surface area (Å²) < 4.78 is 0. The molecule has 0 unspecified atom stereocenters. The molecule has 0 bridgehead atoms. The molecule has 2 aromatic carbocycles. The lowest BCUT2D eigenvalue weighted by Crippen LogP contribution is -2.11. The van der Waals surface area contributed by atoms with Gasteiger partial charge >= 0.3 is 0 Å². The number of hydrogen-bond acceptors (Lipinski definition) is 0. The Balaban J connectivity index is 2.28. The first-order valence-corrected chi connectivity index (χ1v) is 7.01. The predicted molar refractivity (Wildman–Crippen MR) is 75.7 cm³/mol. The third kappa shape index (κ3) is 2.54. The summed E-state index contributed by atoms with van der Waals surface area (Å²) in [5.41, 5.74) is 2.56. The molecule has 0 aliphatic heterocycles. The molecule has 0 aromatic heterocycles. The third-order valence-corrected chi connectivity index (χ3v) is 4.64. The van der Waals surface area contributed by atoms with E-state index in [-0.39, 0.29) is 0 Å². The molecule has 0 N–H and O–H groups in total. The summed E-state index contributed by atoms with van der Waals surface area (Å²) in [6.45, 7) is 4.19. The van der Waals surface area contributed by atoms with Gasteiger partial charge in [-0.05, 0) is 38.1 Å². The SMILES string of the molecule is [B-][PH+](c1ccc(C)cc1)c1ccc(C)cc1. The smallest absolute Gasteiger partial charge is 0.0444 e. The van der Waals surface area contributed by atoms with Crippen molar-refractivity contribution in [2.75, 3.05) is 0 Å². The van der Waals surface area contributed by atoms with Crippen LogP contribution in [-0.4, -0.2) is 7.57 Å². The number of aryl methyl sites for hydroxylation is 2. The van der Waals surface area contributed by atoms with Crippen LogP contribution >= 0.6 is 7.80 Å². The van der Waals surface area contributed by atoms with E-state index < -0.39 is 7.80 Å². The summed E-state index contributed by atoms with van der Waals surface area (Å²) in [4.78, 5) is 0. The maximum Gasteiger partial charge on any atom is 0.0444 e. The minimum atomic E-state index is -1.08. The zero-order valence-electron chi connectivity index (χ0n) is 9.70. The normalized spacial score (nSPS) is 10.8. The summed E-state index contributed by atoms with van der Waals surface area (Å²) in [6, 6.07) is 17.1. The van der Waals surface area contributed by atoms with Crippen molar-refractivity contribution in [2.24, 2.45) is 0 Å². The number of hydrogen-bond donors (Lipinski definition) is 0. The van der Waals surface area contributed by atoms with Crippen molar-refractivity contribution in [2.45, 2.75) is 13.8 Å². The van der Waals surface area contributed by atoms with Crippen LogP contribution in [0.5, 0.6) is 0 Å². The van der Waals surface area contributed by atoms with Gasteiger partial charge in [0.2, 0.25) is 0 Å². The van der Waals surface area contributed by atoms with E-state index in [0.29, 0.717) is 0 Å². The van der Waals surface area contributed by atoms with Crippen LogP contribution in [0.3, 0.4) is 0 Å². The molecule has 0 saturated heterocycles. The fourth-order valence-electron chi connectivity index (χ4n) is 1.63. The van der Waals surface area contributed by atoms with Crippen molar-refractivity contribution in [3.63, 3.8) is 0 Å². The van der Waals surface area contributed by atoms with Crippen molar-refractivity contribution >= 4 is 26.0 Å². The fourth-order valence-corrected chi connectivity index (χ4v) is 3.02. The van der Waals surface area contributed by atoms with Crippen LogP contribution < -0.4 is 10.6 Å². The Kier molecular flexibility index (Phi) is 3.46. The van der Waals surface area contributed by atoms with Gasteiger partial charge in [0.1, 0.15) is 0 Å². The van der Waals surface area contributed by atoms with Crippen LogP contribution in [0.1, 0.15) is 11.1 Å². The quantitative estimate of drug-likeness (QED) is 0.544. The molecule has 2 rings (SSSR count). The van der Waals surface area contributed by atoms with E-state index >= 15 is 0 Å². The monoisotopic (exact) mass is 225 g/mol. The van der Waals surface area contributed by atoms with Crippen LogP contribution in [0, 0.1) is 13.8 Å². The molecule has 0 heterocycles. The molecule has 0 amide bonds. The first-order chi connectivity index (χ1) is 7.66. The predicted octanol–water partition coefficient (Wildman–Crippen LogP) is 2.55. The number of benzene rings is 2. The van der Waals surface area contributed by atoms with Crippen LogP contribution in [0.4, 0.5) is 0 Å². The van der Waals surface area contributed by atoms with E-state index in [1.165, 1.54) is 21.7 Å². The zero-order chi connectivity index (χ0) is 11.5. The summed E-state index contributed by atoms with van der Waals surface area (Å²) in [5, 5.41) is 2.53. The summed E-state index contributed by atoms with van der Waals surface area (Å²) in [5.74, 6) is 0. The largest absolute Gasteiger partial charge is 0.295 e. The molecule has 79 valence electrons. The number of rotatable bonds is 2. The molecule has 2 aromatic rings. The molecule has 16 heavy (non-hydrogen) atoms. The lowest BCUT2D eigenvalue weighted by molar-refractivity contribution is 1.49. The van der Waals surface area contributed by atoms with Gasteiger partial charge in [-0.25, -0.2) is 0 Å². The average Bonchev–Trinajstić information content (AvgIpc) is 2.30. The van der Waals surface area contributed by atoms with Gasteiger partial charge in [0.05, 0.1) is 0 Å². The molecular weight excluding hydrogens is 210 g/mol.